The van der Waals surface area contributed by atoms with Crippen LogP contribution in [0.5, 0.6) is 0 Å². The van der Waals surface area contributed by atoms with Crippen molar-refractivity contribution in [1.29, 1.82) is 0 Å². The molecule has 0 amide bonds. The smallest absolute Gasteiger partial charge is 0.163 e. The number of carbonyl (C=O) groups excluding carboxylic acids is 1. The Balaban J connectivity index is 1.13. The van der Waals surface area contributed by atoms with Gasteiger partial charge in [0.2, 0.25) is 0 Å². The lowest BCUT2D eigenvalue weighted by atomic mass is 9.62. The van der Waals surface area contributed by atoms with Crippen LogP contribution in [0, 0.1) is 23.7 Å². The minimum absolute atomic E-state index is 0.00888. The molecule has 5 heterocycles. The van der Waals surface area contributed by atoms with E-state index in [1.807, 2.05) is 36.4 Å². The molecule has 0 bridgehead atoms. The minimum Gasteiger partial charge on any atom is -0.301 e. The van der Waals surface area contributed by atoms with E-state index in [0.29, 0.717) is 41.4 Å². The standard InChI is InChI=1S/C38H40N6O/c45-33-28-17-10-18-39-37(28)44-32-29(30-21-27(22-40-38(30)44)23-11-4-1-5-12-23)19-26(20-31(32)33)36-42-34(24-13-6-2-7-14-24)41-35(43-36)25-15-8-3-9-16-25/h1-9,11-16,26-32,37-40H,10,17-22H2. The zero-order valence-electron chi connectivity index (χ0n) is 25.5. The number of ketones is 1. The van der Waals surface area contributed by atoms with Crippen molar-refractivity contribution < 1.29 is 4.79 Å². The molecule has 5 aliphatic rings. The van der Waals surface area contributed by atoms with Crippen LogP contribution in [0.3, 0.4) is 0 Å². The lowest BCUT2D eigenvalue weighted by Gasteiger charge is -2.53. The van der Waals surface area contributed by atoms with Gasteiger partial charge in [0.05, 0.1) is 12.3 Å². The molecule has 3 aromatic carbocycles. The number of Topliss-reactive ketones (excluding diaryl/α,β-unsaturated/α-hetero) is 1. The van der Waals surface area contributed by atoms with Crippen molar-refractivity contribution in [2.24, 2.45) is 23.7 Å². The molecule has 7 heteroatoms. The van der Waals surface area contributed by atoms with Crippen LogP contribution in [0.25, 0.3) is 22.8 Å². The van der Waals surface area contributed by atoms with Gasteiger partial charge in [-0.15, -0.1) is 0 Å². The van der Waals surface area contributed by atoms with Gasteiger partial charge in [0.1, 0.15) is 11.6 Å². The summed E-state index contributed by atoms with van der Waals surface area (Å²) in [6.07, 6.45) is 5.45. The van der Waals surface area contributed by atoms with Gasteiger partial charge >= 0.3 is 0 Å². The number of fused-ring (bicyclic) bond motifs is 5. The van der Waals surface area contributed by atoms with E-state index in [2.05, 4.69) is 70.1 Å². The van der Waals surface area contributed by atoms with Crippen molar-refractivity contribution in [3.05, 3.63) is 102 Å². The second-order valence-corrected chi connectivity index (χ2v) is 13.9. The van der Waals surface area contributed by atoms with Gasteiger partial charge in [0.15, 0.2) is 11.6 Å². The minimum atomic E-state index is 0.00888. The molecule has 45 heavy (non-hydrogen) atoms. The van der Waals surface area contributed by atoms with Crippen molar-refractivity contribution in [3.8, 4) is 22.8 Å². The maximum Gasteiger partial charge on any atom is 0.163 e. The predicted octanol–water partition coefficient (Wildman–Crippen LogP) is 5.63. The Morgan fingerprint density at radius 1 is 0.644 bits per heavy atom. The zero-order chi connectivity index (χ0) is 29.9. The number of hydrogen-bond acceptors (Lipinski definition) is 7. The molecule has 9 atom stereocenters. The molecule has 7 nitrogen and oxygen atoms in total. The van der Waals surface area contributed by atoms with Crippen LogP contribution >= 0.6 is 0 Å². The van der Waals surface area contributed by atoms with Crippen LogP contribution in [0.1, 0.15) is 55.3 Å². The van der Waals surface area contributed by atoms with Crippen LogP contribution < -0.4 is 10.6 Å². The lowest BCUT2D eigenvalue weighted by molar-refractivity contribution is -0.147. The molecule has 9 rings (SSSR count). The average Bonchev–Trinajstić information content (AvgIpc) is 3.45. The Morgan fingerprint density at radius 3 is 1.98 bits per heavy atom. The molecule has 1 aromatic heterocycles. The fraction of sp³-hybridized carbons (Fsp3) is 0.421. The van der Waals surface area contributed by atoms with E-state index in [0.717, 1.165) is 62.1 Å². The number of piperidine rings is 3. The third-order valence-electron chi connectivity index (χ3n) is 11.5. The molecular formula is C38H40N6O. The Labute approximate surface area is 264 Å². The Hall–Kier alpha value is -3.78. The number of rotatable bonds is 4. The summed E-state index contributed by atoms with van der Waals surface area (Å²) in [5.41, 5.74) is 3.40. The van der Waals surface area contributed by atoms with Gasteiger partial charge < -0.3 is 10.6 Å². The number of hydrogen-bond donors (Lipinski definition) is 2. The van der Waals surface area contributed by atoms with Crippen molar-refractivity contribution >= 4 is 5.78 Å². The summed E-state index contributed by atoms with van der Waals surface area (Å²) in [6, 6.07) is 31.7. The lowest BCUT2D eigenvalue weighted by Crippen LogP contribution is -2.69. The van der Waals surface area contributed by atoms with Crippen molar-refractivity contribution in [3.63, 3.8) is 0 Å². The highest BCUT2D eigenvalue weighted by atomic mass is 16.1. The molecule has 2 N–H and O–H groups in total. The highest BCUT2D eigenvalue weighted by Gasteiger charge is 2.63. The van der Waals surface area contributed by atoms with Gasteiger partial charge in [-0.1, -0.05) is 91.0 Å². The normalized spacial score (nSPS) is 34.0. The van der Waals surface area contributed by atoms with E-state index in [-0.39, 0.29) is 30.0 Å². The first-order valence-corrected chi connectivity index (χ1v) is 16.9. The second-order valence-electron chi connectivity index (χ2n) is 13.9. The molecule has 4 aliphatic heterocycles. The first-order valence-electron chi connectivity index (χ1n) is 16.9. The maximum atomic E-state index is 14.4. The summed E-state index contributed by atoms with van der Waals surface area (Å²) < 4.78 is 0. The summed E-state index contributed by atoms with van der Waals surface area (Å²) >= 11 is 0. The van der Waals surface area contributed by atoms with E-state index < -0.39 is 0 Å². The molecular weight excluding hydrogens is 556 g/mol. The van der Waals surface area contributed by atoms with Crippen LogP contribution in [0.4, 0.5) is 0 Å². The highest BCUT2D eigenvalue weighted by molar-refractivity contribution is 5.86. The van der Waals surface area contributed by atoms with Gasteiger partial charge in [0.25, 0.3) is 0 Å². The molecule has 1 saturated carbocycles. The summed E-state index contributed by atoms with van der Waals surface area (Å²) in [6.45, 7) is 1.98. The van der Waals surface area contributed by atoms with Crippen LogP contribution in [-0.2, 0) is 4.79 Å². The summed E-state index contributed by atoms with van der Waals surface area (Å²) in [5, 5.41) is 7.85. The summed E-state index contributed by atoms with van der Waals surface area (Å²) in [5.74, 6) is 4.27. The molecule has 4 saturated heterocycles. The Morgan fingerprint density at radius 2 is 1.29 bits per heavy atom. The first kappa shape index (κ1) is 27.5. The number of carbonyl (C=O) groups is 1. The van der Waals surface area contributed by atoms with Gasteiger partial charge in [0, 0.05) is 41.5 Å². The van der Waals surface area contributed by atoms with E-state index in [9.17, 15) is 4.79 Å². The first-order chi connectivity index (χ1) is 22.2. The molecule has 0 radical (unpaired) electrons. The highest BCUT2D eigenvalue weighted by Crippen LogP contribution is 2.57. The molecule has 1 aliphatic carbocycles. The van der Waals surface area contributed by atoms with Crippen molar-refractivity contribution in [1.82, 2.24) is 30.5 Å². The second kappa shape index (κ2) is 11.2. The monoisotopic (exact) mass is 596 g/mol. The van der Waals surface area contributed by atoms with Crippen molar-refractivity contribution in [2.75, 3.05) is 13.1 Å². The van der Waals surface area contributed by atoms with Gasteiger partial charge in [-0.25, -0.2) is 15.0 Å². The van der Waals surface area contributed by atoms with E-state index >= 15 is 0 Å². The Bertz CT molecular complexity index is 1630. The van der Waals surface area contributed by atoms with Crippen LogP contribution in [0.15, 0.2) is 91.0 Å². The van der Waals surface area contributed by atoms with E-state index in [1.54, 1.807) is 0 Å². The van der Waals surface area contributed by atoms with E-state index in [4.69, 9.17) is 15.0 Å². The molecule has 228 valence electrons. The SMILES string of the molecule is O=C1C2CCCNC2N2C3NCC(c4ccccc4)CC3C3CC(c4nc(-c5ccccc5)nc(-c5ccccc5)n4)CC1C32. The number of nitrogens with zero attached hydrogens (tertiary/aromatic N) is 4. The number of nitrogens with one attached hydrogen (secondary N) is 2. The zero-order valence-corrected chi connectivity index (χ0v) is 25.5. The van der Waals surface area contributed by atoms with Crippen LogP contribution in [-0.4, -0.2) is 57.1 Å². The Kier molecular flexibility index (Phi) is 6.87. The third-order valence-corrected chi connectivity index (χ3v) is 11.5. The van der Waals surface area contributed by atoms with Gasteiger partial charge in [-0.05, 0) is 62.0 Å². The van der Waals surface area contributed by atoms with Crippen LogP contribution in [0.2, 0.25) is 0 Å². The van der Waals surface area contributed by atoms with Gasteiger partial charge in [-0.3, -0.25) is 9.69 Å². The average molecular weight is 597 g/mol. The molecule has 0 spiro atoms. The molecule has 4 aromatic rings. The summed E-state index contributed by atoms with van der Waals surface area (Å²) in [4.78, 5) is 32.5. The quantitative estimate of drug-likeness (QED) is 0.316. The number of aromatic nitrogens is 3. The summed E-state index contributed by atoms with van der Waals surface area (Å²) in [7, 11) is 0. The topological polar surface area (TPSA) is 83.0 Å². The fourth-order valence-corrected chi connectivity index (χ4v) is 9.64. The van der Waals surface area contributed by atoms with E-state index in [1.165, 1.54) is 5.56 Å². The predicted molar refractivity (Wildman–Crippen MR) is 174 cm³/mol. The fourth-order valence-electron chi connectivity index (χ4n) is 9.64. The maximum absolute atomic E-state index is 14.4. The van der Waals surface area contributed by atoms with Gasteiger partial charge in [-0.2, -0.15) is 0 Å². The molecule has 5 fully saturated rings. The third kappa shape index (κ3) is 4.67. The van der Waals surface area contributed by atoms with Crippen molar-refractivity contribution in [2.45, 2.75) is 62.3 Å². The molecule has 9 unspecified atom stereocenters. The number of benzene rings is 3. The largest absolute Gasteiger partial charge is 0.301 e.